The third kappa shape index (κ3) is 3.15. The maximum atomic E-state index is 8.95. The van der Waals surface area contributed by atoms with Gasteiger partial charge in [0.05, 0.1) is 25.5 Å². The molecule has 0 radical (unpaired) electrons. The number of hydrogen-bond donors (Lipinski definition) is 2. The van der Waals surface area contributed by atoms with E-state index in [-0.39, 0.29) is 0 Å². The summed E-state index contributed by atoms with van der Waals surface area (Å²) < 4.78 is 10.5. The van der Waals surface area contributed by atoms with Gasteiger partial charge in [-0.2, -0.15) is 5.26 Å². The lowest BCUT2D eigenvalue weighted by molar-refractivity contribution is 0.391. The molecule has 6 nitrogen and oxygen atoms in total. The Balaban J connectivity index is 2.19. The summed E-state index contributed by atoms with van der Waals surface area (Å²) in [5, 5.41) is 12.1. The Morgan fingerprint density at radius 2 is 2.10 bits per heavy atom. The largest absolute Gasteiger partial charge is 0.497 e. The van der Waals surface area contributed by atoms with E-state index in [1.54, 1.807) is 32.5 Å². The number of nitrogens with one attached hydrogen (secondary N) is 1. The molecule has 0 unspecified atom stereocenters. The van der Waals surface area contributed by atoms with Gasteiger partial charge in [0.2, 0.25) is 0 Å². The number of pyridine rings is 1. The first kappa shape index (κ1) is 14.5. The summed E-state index contributed by atoms with van der Waals surface area (Å²) in [6, 6.07) is 9.16. The maximum absolute atomic E-state index is 8.95. The highest BCUT2D eigenvalue weighted by atomic mass is 16.5. The van der Waals surface area contributed by atoms with Crippen molar-refractivity contribution in [3.8, 4) is 17.6 Å². The van der Waals surface area contributed by atoms with Gasteiger partial charge in [-0.25, -0.2) is 4.98 Å². The molecule has 0 aliphatic rings. The minimum absolute atomic E-state index is 0.340. The number of hydrogen-bond acceptors (Lipinski definition) is 6. The Kier molecular flexibility index (Phi) is 4.46. The molecule has 2 rings (SSSR count). The molecule has 2 aromatic rings. The second-order valence-electron chi connectivity index (χ2n) is 4.26. The quantitative estimate of drug-likeness (QED) is 0.874. The molecular weight excluding hydrogens is 268 g/mol. The molecule has 0 amide bonds. The van der Waals surface area contributed by atoms with Crippen molar-refractivity contribution >= 4 is 11.5 Å². The van der Waals surface area contributed by atoms with Crippen molar-refractivity contribution in [1.82, 2.24) is 4.98 Å². The molecule has 0 fully saturated rings. The van der Waals surface area contributed by atoms with Crippen LogP contribution in [0.2, 0.25) is 0 Å². The lowest BCUT2D eigenvalue weighted by Crippen LogP contribution is -2.07. The fourth-order valence-electron chi connectivity index (χ4n) is 1.89. The Morgan fingerprint density at radius 3 is 2.76 bits per heavy atom. The van der Waals surface area contributed by atoms with E-state index in [0.29, 0.717) is 29.4 Å². The van der Waals surface area contributed by atoms with Gasteiger partial charge in [-0.15, -0.1) is 0 Å². The second kappa shape index (κ2) is 6.48. The highest BCUT2D eigenvalue weighted by molar-refractivity contribution is 5.69. The number of rotatable bonds is 5. The van der Waals surface area contributed by atoms with Gasteiger partial charge in [-0.3, -0.25) is 0 Å². The Bertz CT molecular complexity index is 680. The summed E-state index contributed by atoms with van der Waals surface area (Å²) in [6.07, 6.45) is 1.54. The van der Waals surface area contributed by atoms with Gasteiger partial charge in [0.15, 0.2) is 5.82 Å². The molecule has 1 aromatic carbocycles. The van der Waals surface area contributed by atoms with E-state index in [0.717, 1.165) is 11.3 Å². The summed E-state index contributed by atoms with van der Waals surface area (Å²) in [7, 11) is 3.20. The average molecular weight is 284 g/mol. The second-order valence-corrected chi connectivity index (χ2v) is 4.26. The van der Waals surface area contributed by atoms with Crippen LogP contribution in [0.1, 0.15) is 11.1 Å². The molecule has 0 atom stereocenters. The van der Waals surface area contributed by atoms with Crippen LogP contribution in [0, 0.1) is 11.3 Å². The molecule has 0 aliphatic carbocycles. The minimum atomic E-state index is 0.340. The Morgan fingerprint density at radius 1 is 1.29 bits per heavy atom. The van der Waals surface area contributed by atoms with E-state index in [1.807, 2.05) is 18.2 Å². The van der Waals surface area contributed by atoms with E-state index < -0.39 is 0 Å². The van der Waals surface area contributed by atoms with E-state index in [4.69, 9.17) is 20.5 Å². The zero-order valence-electron chi connectivity index (χ0n) is 11.9. The lowest BCUT2D eigenvalue weighted by Gasteiger charge is -2.13. The predicted molar refractivity (Wildman–Crippen MR) is 80.2 cm³/mol. The third-order valence-corrected chi connectivity index (χ3v) is 3.05. The summed E-state index contributed by atoms with van der Waals surface area (Å²) in [4.78, 5) is 4.14. The van der Waals surface area contributed by atoms with Crippen LogP contribution in [0.4, 0.5) is 11.5 Å². The van der Waals surface area contributed by atoms with Crippen molar-refractivity contribution < 1.29 is 9.47 Å². The first-order valence-electron chi connectivity index (χ1n) is 6.29. The molecule has 1 heterocycles. The van der Waals surface area contributed by atoms with Crippen LogP contribution in [0.25, 0.3) is 0 Å². The summed E-state index contributed by atoms with van der Waals surface area (Å²) in [5.74, 6) is 1.91. The van der Waals surface area contributed by atoms with Crippen molar-refractivity contribution in [2.45, 2.75) is 6.54 Å². The molecule has 6 heteroatoms. The number of aromatic nitrogens is 1. The zero-order chi connectivity index (χ0) is 15.2. The molecule has 21 heavy (non-hydrogen) atoms. The minimum Gasteiger partial charge on any atom is -0.497 e. The highest BCUT2D eigenvalue weighted by Gasteiger charge is 2.08. The molecule has 0 spiro atoms. The predicted octanol–water partition coefficient (Wildman–Crippen LogP) is 2.16. The number of methoxy groups -OCH3 is 2. The molecular formula is C15H16N4O2. The number of nitriles is 1. The smallest absolute Gasteiger partial charge is 0.150 e. The first-order chi connectivity index (χ1) is 10.2. The SMILES string of the molecule is COc1ccc(CNc2nccc(C#N)c2N)c(OC)c1. The monoisotopic (exact) mass is 284 g/mol. The highest BCUT2D eigenvalue weighted by Crippen LogP contribution is 2.26. The zero-order valence-corrected chi connectivity index (χ0v) is 11.9. The third-order valence-electron chi connectivity index (χ3n) is 3.05. The number of nitrogens with two attached hydrogens (primary N) is 1. The first-order valence-corrected chi connectivity index (χ1v) is 6.29. The van der Waals surface area contributed by atoms with Gasteiger partial charge in [0.25, 0.3) is 0 Å². The Hall–Kier alpha value is -2.94. The maximum Gasteiger partial charge on any atom is 0.150 e. The number of benzene rings is 1. The standard InChI is InChI=1S/C15H16N4O2/c1-20-12-4-3-11(13(7-12)21-2)9-19-15-14(17)10(8-16)5-6-18-15/h3-7H,9,17H2,1-2H3,(H,18,19). The van der Waals surface area contributed by atoms with Crippen LogP contribution < -0.4 is 20.5 Å². The van der Waals surface area contributed by atoms with E-state index in [1.165, 1.54) is 0 Å². The number of nitrogens with zero attached hydrogens (tertiary/aromatic N) is 2. The molecule has 0 saturated carbocycles. The summed E-state index contributed by atoms with van der Waals surface area (Å²) in [5.41, 5.74) is 7.55. The summed E-state index contributed by atoms with van der Waals surface area (Å²) >= 11 is 0. The van der Waals surface area contributed by atoms with E-state index in [9.17, 15) is 0 Å². The van der Waals surface area contributed by atoms with Crippen molar-refractivity contribution in [2.75, 3.05) is 25.3 Å². The van der Waals surface area contributed by atoms with Crippen LogP contribution in [-0.4, -0.2) is 19.2 Å². The number of anilines is 2. The van der Waals surface area contributed by atoms with Crippen molar-refractivity contribution in [3.05, 3.63) is 41.6 Å². The molecule has 0 bridgehead atoms. The van der Waals surface area contributed by atoms with Crippen molar-refractivity contribution in [2.24, 2.45) is 0 Å². The van der Waals surface area contributed by atoms with E-state index >= 15 is 0 Å². The molecule has 0 aliphatic heterocycles. The molecule has 108 valence electrons. The van der Waals surface area contributed by atoms with Gasteiger partial charge < -0.3 is 20.5 Å². The topological polar surface area (TPSA) is 93.2 Å². The van der Waals surface area contributed by atoms with Gasteiger partial charge in [-0.05, 0) is 18.2 Å². The average Bonchev–Trinajstić information content (AvgIpc) is 2.53. The van der Waals surface area contributed by atoms with Gasteiger partial charge in [0, 0.05) is 24.4 Å². The van der Waals surface area contributed by atoms with Gasteiger partial charge in [-0.1, -0.05) is 0 Å². The molecule has 3 N–H and O–H groups in total. The summed E-state index contributed by atoms with van der Waals surface area (Å²) in [6.45, 7) is 0.471. The van der Waals surface area contributed by atoms with Crippen molar-refractivity contribution in [1.29, 1.82) is 5.26 Å². The molecule has 1 aromatic heterocycles. The van der Waals surface area contributed by atoms with Crippen LogP contribution in [0.5, 0.6) is 11.5 Å². The van der Waals surface area contributed by atoms with Gasteiger partial charge >= 0.3 is 0 Å². The fourth-order valence-corrected chi connectivity index (χ4v) is 1.89. The van der Waals surface area contributed by atoms with Crippen molar-refractivity contribution in [3.63, 3.8) is 0 Å². The Labute approximate surface area is 123 Å². The lowest BCUT2D eigenvalue weighted by atomic mass is 10.2. The van der Waals surface area contributed by atoms with Crippen LogP contribution in [-0.2, 0) is 6.54 Å². The van der Waals surface area contributed by atoms with Crippen LogP contribution in [0.3, 0.4) is 0 Å². The van der Waals surface area contributed by atoms with Gasteiger partial charge in [0.1, 0.15) is 17.6 Å². The number of ether oxygens (including phenoxy) is 2. The van der Waals surface area contributed by atoms with Crippen LogP contribution >= 0.6 is 0 Å². The van der Waals surface area contributed by atoms with E-state index in [2.05, 4.69) is 10.3 Å². The van der Waals surface area contributed by atoms with Crippen LogP contribution in [0.15, 0.2) is 30.5 Å². The molecule has 0 saturated heterocycles. The number of nitrogen functional groups attached to an aromatic ring is 1. The normalized spacial score (nSPS) is 9.76. The fraction of sp³-hybridized carbons (Fsp3) is 0.200.